The number of anilines is 1. The van der Waals surface area contributed by atoms with E-state index in [1.165, 1.54) is 69.9 Å². The van der Waals surface area contributed by atoms with Crippen LogP contribution in [0.1, 0.15) is 77.6 Å². The number of rotatable bonds is 13. The van der Waals surface area contributed by atoms with Gasteiger partial charge in [-0.2, -0.15) is 0 Å². The number of ether oxygens (including phenoxy) is 1. The first-order chi connectivity index (χ1) is 16.8. The summed E-state index contributed by atoms with van der Waals surface area (Å²) in [6.45, 7) is 5.37. The molecule has 34 heavy (non-hydrogen) atoms. The van der Waals surface area contributed by atoms with Gasteiger partial charge in [-0.15, -0.1) is 0 Å². The van der Waals surface area contributed by atoms with Gasteiger partial charge in [-0.25, -0.2) is 0 Å². The molecule has 0 saturated carbocycles. The second kappa shape index (κ2) is 13.2. The summed E-state index contributed by atoms with van der Waals surface area (Å²) in [4.78, 5) is 2.47. The maximum absolute atomic E-state index is 5.93. The monoisotopic (exact) mass is 460 g/mol. The van der Waals surface area contributed by atoms with Crippen LogP contribution in [-0.2, 0) is 0 Å². The zero-order valence-electron chi connectivity index (χ0n) is 20.8. The zero-order chi connectivity index (χ0) is 23.4. The van der Waals surface area contributed by atoms with Crippen molar-refractivity contribution in [2.24, 2.45) is 0 Å². The van der Waals surface area contributed by atoms with Crippen LogP contribution < -0.4 is 9.64 Å². The van der Waals surface area contributed by atoms with Gasteiger partial charge in [0.05, 0.1) is 6.61 Å². The number of benzene rings is 2. The number of hydrogen-bond acceptors (Lipinski definition) is 4. The van der Waals surface area contributed by atoms with E-state index >= 15 is 0 Å². The minimum Gasteiger partial charge on any atom is -0.494 e. The van der Waals surface area contributed by atoms with E-state index in [9.17, 15) is 0 Å². The van der Waals surface area contributed by atoms with E-state index in [0.29, 0.717) is 0 Å². The molecule has 0 aliphatic carbocycles. The molecule has 0 unspecified atom stereocenters. The summed E-state index contributed by atoms with van der Waals surface area (Å²) >= 11 is 0. The Morgan fingerprint density at radius 1 is 0.765 bits per heavy atom. The van der Waals surface area contributed by atoms with Crippen LogP contribution >= 0.6 is 0 Å². The van der Waals surface area contributed by atoms with E-state index in [1.54, 1.807) is 0 Å². The van der Waals surface area contributed by atoms with Crippen LogP contribution in [0.2, 0.25) is 0 Å². The molecule has 0 atom stereocenters. The minimum absolute atomic E-state index is 0.782. The van der Waals surface area contributed by atoms with Gasteiger partial charge >= 0.3 is 0 Å². The molecular weight excluding hydrogens is 420 g/mol. The Morgan fingerprint density at radius 2 is 1.41 bits per heavy atom. The smallest absolute Gasteiger partial charge is 0.167 e. The third-order valence-electron chi connectivity index (χ3n) is 6.80. The van der Waals surface area contributed by atoms with Crippen molar-refractivity contribution in [1.29, 1.82) is 0 Å². The Bertz CT molecular complexity index is 956. The number of nitrogens with zero attached hydrogens (tertiary/aromatic N) is 2. The average Bonchev–Trinajstić information content (AvgIpc) is 3.39. The highest BCUT2D eigenvalue weighted by molar-refractivity contribution is 5.68. The standard InChI is InChI=1S/C30H40N2O2/c1-2-3-4-5-6-7-8-12-23-33-28-19-15-26(16-20-28)30-24-29(31-34-30)25-13-17-27(18-14-25)32-21-10-9-11-22-32/h13-20,24H,2-12,21-23H2,1H3. The quantitative estimate of drug-likeness (QED) is 0.240. The van der Waals surface area contributed by atoms with E-state index in [1.807, 2.05) is 30.3 Å². The van der Waals surface area contributed by atoms with Crippen molar-refractivity contribution in [2.75, 3.05) is 24.6 Å². The molecule has 2 aromatic carbocycles. The maximum Gasteiger partial charge on any atom is 0.167 e. The van der Waals surface area contributed by atoms with Gasteiger partial charge < -0.3 is 14.2 Å². The molecule has 182 valence electrons. The van der Waals surface area contributed by atoms with Crippen LogP contribution in [0.25, 0.3) is 22.6 Å². The Labute approximate surface area is 205 Å². The van der Waals surface area contributed by atoms with Gasteiger partial charge in [0.15, 0.2) is 5.76 Å². The van der Waals surface area contributed by atoms with Crippen molar-refractivity contribution in [1.82, 2.24) is 5.16 Å². The molecule has 3 aromatic rings. The van der Waals surface area contributed by atoms with Gasteiger partial charge in [0.2, 0.25) is 0 Å². The third kappa shape index (κ3) is 7.12. The molecule has 1 saturated heterocycles. The fourth-order valence-corrected chi connectivity index (χ4v) is 4.68. The average molecular weight is 461 g/mol. The number of hydrogen-bond donors (Lipinski definition) is 0. The summed E-state index contributed by atoms with van der Waals surface area (Å²) in [6, 6.07) is 18.9. The lowest BCUT2D eigenvalue weighted by atomic mass is 10.1. The molecule has 1 aliphatic rings. The van der Waals surface area contributed by atoms with Crippen molar-refractivity contribution >= 4 is 5.69 Å². The van der Waals surface area contributed by atoms with Gasteiger partial charge in [-0.1, -0.05) is 69.2 Å². The molecule has 0 N–H and O–H groups in total. The number of piperidine rings is 1. The fraction of sp³-hybridized carbons (Fsp3) is 0.500. The van der Waals surface area contributed by atoms with Crippen LogP contribution in [0.3, 0.4) is 0 Å². The molecule has 1 fully saturated rings. The van der Waals surface area contributed by atoms with Gasteiger partial charge in [0, 0.05) is 36.0 Å². The van der Waals surface area contributed by atoms with Crippen LogP contribution in [0.4, 0.5) is 5.69 Å². The molecule has 1 aromatic heterocycles. The largest absolute Gasteiger partial charge is 0.494 e. The summed E-state index contributed by atoms with van der Waals surface area (Å²) in [5.41, 5.74) is 4.27. The molecule has 4 rings (SSSR count). The highest BCUT2D eigenvalue weighted by Gasteiger charge is 2.12. The first-order valence-corrected chi connectivity index (χ1v) is 13.4. The van der Waals surface area contributed by atoms with Crippen molar-refractivity contribution in [3.63, 3.8) is 0 Å². The van der Waals surface area contributed by atoms with Crippen molar-refractivity contribution in [2.45, 2.75) is 77.6 Å². The summed E-state index contributed by atoms with van der Waals surface area (Å²) in [6.07, 6.45) is 14.4. The SMILES string of the molecule is CCCCCCCCCCOc1ccc(-c2cc(-c3ccc(N4CCCCC4)cc3)no2)cc1. The normalized spacial score (nSPS) is 13.9. The van der Waals surface area contributed by atoms with Crippen LogP contribution in [-0.4, -0.2) is 24.9 Å². The third-order valence-corrected chi connectivity index (χ3v) is 6.80. The van der Waals surface area contributed by atoms with E-state index in [-0.39, 0.29) is 0 Å². The lowest BCUT2D eigenvalue weighted by Crippen LogP contribution is -2.29. The lowest BCUT2D eigenvalue weighted by Gasteiger charge is -2.28. The summed E-state index contributed by atoms with van der Waals surface area (Å²) in [5.74, 6) is 1.70. The first kappa shape index (κ1) is 24.4. The van der Waals surface area contributed by atoms with E-state index < -0.39 is 0 Å². The molecule has 0 bridgehead atoms. The lowest BCUT2D eigenvalue weighted by molar-refractivity contribution is 0.304. The van der Waals surface area contributed by atoms with Crippen LogP contribution in [0.5, 0.6) is 5.75 Å². The summed E-state index contributed by atoms with van der Waals surface area (Å²) in [7, 11) is 0. The summed E-state index contributed by atoms with van der Waals surface area (Å²) < 4.78 is 11.6. The predicted octanol–water partition coefficient (Wildman–Crippen LogP) is 8.52. The summed E-state index contributed by atoms with van der Waals surface area (Å²) in [5, 5.41) is 4.31. The van der Waals surface area contributed by atoms with Gasteiger partial charge in [-0.3, -0.25) is 0 Å². The maximum atomic E-state index is 5.93. The highest BCUT2D eigenvalue weighted by atomic mass is 16.5. The molecule has 0 radical (unpaired) electrons. The first-order valence-electron chi connectivity index (χ1n) is 13.4. The number of unbranched alkanes of at least 4 members (excludes halogenated alkanes) is 7. The van der Waals surface area contributed by atoms with E-state index in [0.717, 1.165) is 54.4 Å². The molecule has 0 spiro atoms. The molecule has 4 nitrogen and oxygen atoms in total. The highest BCUT2D eigenvalue weighted by Crippen LogP contribution is 2.29. The predicted molar refractivity (Wildman–Crippen MR) is 142 cm³/mol. The van der Waals surface area contributed by atoms with E-state index in [4.69, 9.17) is 9.26 Å². The fourth-order valence-electron chi connectivity index (χ4n) is 4.68. The Morgan fingerprint density at radius 3 is 2.12 bits per heavy atom. The van der Waals surface area contributed by atoms with Gasteiger partial charge in [0.25, 0.3) is 0 Å². The van der Waals surface area contributed by atoms with Crippen molar-refractivity contribution < 1.29 is 9.26 Å². The Hall–Kier alpha value is -2.75. The Kier molecular flexibility index (Phi) is 9.48. The molecule has 0 amide bonds. The zero-order valence-corrected chi connectivity index (χ0v) is 20.8. The second-order valence-electron chi connectivity index (χ2n) is 9.52. The number of aromatic nitrogens is 1. The van der Waals surface area contributed by atoms with Crippen molar-refractivity contribution in [3.8, 4) is 28.3 Å². The molecular formula is C30H40N2O2. The van der Waals surface area contributed by atoms with Gasteiger partial charge in [0.1, 0.15) is 11.4 Å². The Balaban J connectivity index is 1.23. The van der Waals surface area contributed by atoms with Crippen LogP contribution in [0, 0.1) is 0 Å². The topological polar surface area (TPSA) is 38.5 Å². The second-order valence-corrected chi connectivity index (χ2v) is 9.52. The van der Waals surface area contributed by atoms with Crippen molar-refractivity contribution in [3.05, 3.63) is 54.6 Å². The van der Waals surface area contributed by atoms with E-state index in [2.05, 4.69) is 41.2 Å². The van der Waals surface area contributed by atoms with Crippen LogP contribution in [0.15, 0.2) is 59.1 Å². The van der Waals surface area contributed by atoms with Gasteiger partial charge in [-0.05, 0) is 62.1 Å². The molecule has 4 heteroatoms. The molecule has 1 aliphatic heterocycles. The minimum atomic E-state index is 0.782. The molecule has 2 heterocycles.